The third-order valence-electron chi connectivity index (χ3n) is 4.11. The number of rotatable bonds is 5. The van der Waals surface area contributed by atoms with Gasteiger partial charge in [0.1, 0.15) is 0 Å². The van der Waals surface area contributed by atoms with Gasteiger partial charge in [-0.1, -0.05) is 50.1 Å². The van der Waals surface area contributed by atoms with Gasteiger partial charge in [0, 0.05) is 12.1 Å². The van der Waals surface area contributed by atoms with Crippen molar-refractivity contribution >= 4 is 0 Å². The molecule has 1 aliphatic carbocycles. The standard InChI is InChI=1S/C16H25NO/c1-13-7-5-6-10-16(13)17-15(12-18)11-14-8-3-2-4-9-14/h2-4,8-9,13,15-18H,5-7,10-12H2,1H3. The first-order chi connectivity index (χ1) is 8.79. The van der Waals surface area contributed by atoms with Crippen LogP contribution in [0.15, 0.2) is 30.3 Å². The molecule has 0 spiro atoms. The minimum absolute atomic E-state index is 0.193. The molecule has 0 bridgehead atoms. The molecular formula is C16H25NO. The maximum Gasteiger partial charge on any atom is 0.0587 e. The second-order valence-electron chi connectivity index (χ2n) is 5.60. The minimum atomic E-state index is 0.193. The van der Waals surface area contributed by atoms with Crippen LogP contribution in [0.2, 0.25) is 0 Å². The molecule has 1 fully saturated rings. The Bertz CT molecular complexity index is 338. The lowest BCUT2D eigenvalue weighted by Crippen LogP contribution is -2.46. The molecule has 1 aromatic rings. The average molecular weight is 247 g/mol. The summed E-state index contributed by atoms with van der Waals surface area (Å²) in [5.74, 6) is 0.739. The van der Waals surface area contributed by atoms with E-state index in [4.69, 9.17) is 0 Å². The van der Waals surface area contributed by atoms with Crippen molar-refractivity contribution in [3.05, 3.63) is 35.9 Å². The van der Waals surface area contributed by atoms with Crippen LogP contribution < -0.4 is 5.32 Å². The summed E-state index contributed by atoms with van der Waals surface area (Å²) < 4.78 is 0. The van der Waals surface area contributed by atoms with E-state index in [2.05, 4.69) is 36.5 Å². The Morgan fingerprint density at radius 3 is 2.61 bits per heavy atom. The van der Waals surface area contributed by atoms with Gasteiger partial charge in [-0.05, 0) is 30.7 Å². The van der Waals surface area contributed by atoms with Crippen LogP contribution in [0.4, 0.5) is 0 Å². The third kappa shape index (κ3) is 3.82. The molecule has 0 radical (unpaired) electrons. The van der Waals surface area contributed by atoms with Crippen LogP contribution in [0, 0.1) is 5.92 Å². The highest BCUT2D eigenvalue weighted by Crippen LogP contribution is 2.24. The molecule has 1 saturated carbocycles. The molecule has 2 nitrogen and oxygen atoms in total. The zero-order valence-electron chi connectivity index (χ0n) is 11.3. The average Bonchev–Trinajstić information content (AvgIpc) is 2.41. The van der Waals surface area contributed by atoms with E-state index in [0.29, 0.717) is 6.04 Å². The van der Waals surface area contributed by atoms with Crippen molar-refractivity contribution in [2.45, 2.75) is 51.1 Å². The van der Waals surface area contributed by atoms with Crippen molar-refractivity contribution < 1.29 is 5.11 Å². The van der Waals surface area contributed by atoms with Crippen LogP contribution in [0.1, 0.15) is 38.2 Å². The molecule has 3 unspecified atom stereocenters. The van der Waals surface area contributed by atoms with Gasteiger partial charge in [-0.3, -0.25) is 0 Å². The monoisotopic (exact) mass is 247 g/mol. The van der Waals surface area contributed by atoms with E-state index in [-0.39, 0.29) is 12.6 Å². The zero-order chi connectivity index (χ0) is 12.8. The van der Waals surface area contributed by atoms with Gasteiger partial charge in [0.25, 0.3) is 0 Å². The Hall–Kier alpha value is -0.860. The lowest BCUT2D eigenvalue weighted by molar-refractivity contribution is 0.195. The lowest BCUT2D eigenvalue weighted by atomic mass is 9.85. The van der Waals surface area contributed by atoms with Crippen molar-refractivity contribution in [3.63, 3.8) is 0 Å². The summed E-state index contributed by atoms with van der Waals surface area (Å²) >= 11 is 0. The number of nitrogens with one attached hydrogen (secondary N) is 1. The number of aliphatic hydroxyl groups excluding tert-OH is 1. The highest BCUT2D eigenvalue weighted by atomic mass is 16.3. The van der Waals surface area contributed by atoms with Gasteiger partial charge in [0.05, 0.1) is 6.61 Å². The number of hydrogen-bond donors (Lipinski definition) is 2. The van der Waals surface area contributed by atoms with Gasteiger partial charge < -0.3 is 10.4 Å². The van der Waals surface area contributed by atoms with Crippen molar-refractivity contribution in [3.8, 4) is 0 Å². The van der Waals surface area contributed by atoms with Gasteiger partial charge in [-0.25, -0.2) is 0 Å². The van der Waals surface area contributed by atoms with E-state index in [1.165, 1.54) is 31.2 Å². The van der Waals surface area contributed by atoms with Gasteiger partial charge in [0.15, 0.2) is 0 Å². The normalized spacial score (nSPS) is 25.9. The first-order valence-corrected chi connectivity index (χ1v) is 7.20. The predicted octanol–water partition coefficient (Wildman–Crippen LogP) is 2.76. The molecule has 3 atom stereocenters. The van der Waals surface area contributed by atoms with Gasteiger partial charge in [0.2, 0.25) is 0 Å². The van der Waals surface area contributed by atoms with Crippen LogP contribution >= 0.6 is 0 Å². The van der Waals surface area contributed by atoms with E-state index in [9.17, 15) is 5.11 Å². The quantitative estimate of drug-likeness (QED) is 0.838. The maximum atomic E-state index is 9.54. The Balaban J connectivity index is 1.88. The Labute approximate surface area is 110 Å². The number of hydrogen-bond acceptors (Lipinski definition) is 2. The van der Waals surface area contributed by atoms with E-state index in [1.54, 1.807) is 0 Å². The molecule has 100 valence electrons. The summed E-state index contributed by atoms with van der Waals surface area (Å²) in [7, 11) is 0. The summed E-state index contributed by atoms with van der Waals surface area (Å²) in [5, 5.41) is 13.2. The smallest absolute Gasteiger partial charge is 0.0587 e. The molecule has 1 aromatic carbocycles. The molecule has 0 amide bonds. The van der Waals surface area contributed by atoms with Crippen LogP contribution in [0.25, 0.3) is 0 Å². The fourth-order valence-corrected chi connectivity index (χ4v) is 2.94. The lowest BCUT2D eigenvalue weighted by Gasteiger charge is -2.33. The largest absolute Gasteiger partial charge is 0.395 e. The molecule has 0 aromatic heterocycles. The maximum absolute atomic E-state index is 9.54. The van der Waals surface area contributed by atoms with Crippen LogP contribution in [0.5, 0.6) is 0 Å². The Kier molecular flexibility index (Phi) is 5.21. The number of benzene rings is 1. The molecular weight excluding hydrogens is 222 g/mol. The SMILES string of the molecule is CC1CCCCC1NC(CO)Cc1ccccc1. The highest BCUT2D eigenvalue weighted by molar-refractivity contribution is 5.16. The van der Waals surface area contributed by atoms with Crippen molar-refractivity contribution in [2.75, 3.05) is 6.61 Å². The van der Waals surface area contributed by atoms with E-state index in [1.807, 2.05) is 6.07 Å². The molecule has 18 heavy (non-hydrogen) atoms. The van der Waals surface area contributed by atoms with E-state index < -0.39 is 0 Å². The molecule has 2 N–H and O–H groups in total. The van der Waals surface area contributed by atoms with Gasteiger partial charge in [-0.2, -0.15) is 0 Å². The summed E-state index contributed by atoms with van der Waals surface area (Å²) in [6, 6.07) is 11.2. The highest BCUT2D eigenvalue weighted by Gasteiger charge is 2.23. The molecule has 2 rings (SSSR count). The predicted molar refractivity (Wildman–Crippen MR) is 75.6 cm³/mol. The van der Waals surface area contributed by atoms with E-state index in [0.717, 1.165) is 12.3 Å². The summed E-state index contributed by atoms with van der Waals surface area (Å²) in [6.45, 7) is 2.55. The van der Waals surface area contributed by atoms with E-state index >= 15 is 0 Å². The topological polar surface area (TPSA) is 32.3 Å². The minimum Gasteiger partial charge on any atom is -0.395 e. The van der Waals surface area contributed by atoms with Crippen molar-refractivity contribution in [2.24, 2.45) is 5.92 Å². The van der Waals surface area contributed by atoms with Crippen molar-refractivity contribution in [1.29, 1.82) is 0 Å². The molecule has 1 aliphatic rings. The molecule has 2 heteroatoms. The van der Waals surface area contributed by atoms with Crippen LogP contribution in [0.3, 0.4) is 0 Å². The summed E-state index contributed by atoms with van der Waals surface area (Å²) in [6.07, 6.45) is 6.18. The molecule has 0 aliphatic heterocycles. The van der Waals surface area contributed by atoms with Crippen LogP contribution in [-0.4, -0.2) is 23.8 Å². The summed E-state index contributed by atoms with van der Waals surface area (Å²) in [4.78, 5) is 0. The van der Waals surface area contributed by atoms with Gasteiger partial charge in [-0.15, -0.1) is 0 Å². The Morgan fingerprint density at radius 2 is 1.94 bits per heavy atom. The first-order valence-electron chi connectivity index (χ1n) is 7.20. The van der Waals surface area contributed by atoms with Crippen LogP contribution in [-0.2, 0) is 6.42 Å². The van der Waals surface area contributed by atoms with Gasteiger partial charge >= 0.3 is 0 Å². The fraction of sp³-hybridized carbons (Fsp3) is 0.625. The third-order valence-corrected chi connectivity index (χ3v) is 4.11. The fourth-order valence-electron chi connectivity index (χ4n) is 2.94. The second-order valence-corrected chi connectivity index (χ2v) is 5.60. The van der Waals surface area contributed by atoms with Crippen molar-refractivity contribution in [1.82, 2.24) is 5.32 Å². The molecule has 0 heterocycles. The Morgan fingerprint density at radius 1 is 1.22 bits per heavy atom. The zero-order valence-corrected chi connectivity index (χ0v) is 11.3. The number of aliphatic hydroxyl groups is 1. The summed E-state index contributed by atoms with van der Waals surface area (Å²) in [5.41, 5.74) is 1.30. The first kappa shape index (κ1) is 13.6. The molecule has 0 saturated heterocycles. The second kappa shape index (κ2) is 6.91.